The minimum absolute atomic E-state index is 0.130. The van der Waals surface area contributed by atoms with Crippen LogP contribution in [0.5, 0.6) is 0 Å². The molecular formula is C43H47N7O7. The first-order valence-electron chi connectivity index (χ1n) is 19.0. The number of alkyl carbamates (subject to hydrolysis) is 2. The molecular weight excluding hydrogens is 727 g/mol. The normalized spacial score (nSPS) is 14.1. The molecule has 2 atom stereocenters. The summed E-state index contributed by atoms with van der Waals surface area (Å²) in [4.78, 5) is 71.5. The highest BCUT2D eigenvalue weighted by Crippen LogP contribution is 2.32. The third-order valence-electron chi connectivity index (χ3n) is 9.97. The molecule has 1 aliphatic heterocycles. The van der Waals surface area contributed by atoms with Gasteiger partial charge < -0.3 is 40.6 Å². The summed E-state index contributed by atoms with van der Waals surface area (Å²) in [6.07, 6.45) is 4.35. The van der Waals surface area contributed by atoms with Crippen LogP contribution in [0, 0.1) is 0 Å². The van der Waals surface area contributed by atoms with Crippen molar-refractivity contribution in [2.24, 2.45) is 0 Å². The van der Waals surface area contributed by atoms with Crippen LogP contribution in [0.15, 0.2) is 97.2 Å². The van der Waals surface area contributed by atoms with Crippen LogP contribution in [0.4, 0.5) is 9.59 Å². The summed E-state index contributed by atoms with van der Waals surface area (Å²) in [6, 6.07) is 27.9. The molecule has 1 aliphatic rings. The Morgan fingerprint density at radius 2 is 1.46 bits per heavy atom. The van der Waals surface area contributed by atoms with Crippen LogP contribution in [0.2, 0.25) is 0 Å². The fourth-order valence-electron chi connectivity index (χ4n) is 6.90. The Hall–Kier alpha value is -6.70. The Labute approximate surface area is 330 Å². The smallest absolute Gasteiger partial charge is 0.407 e. The first-order chi connectivity index (χ1) is 27.7. The lowest BCUT2D eigenvalue weighted by atomic mass is 9.98. The highest BCUT2D eigenvalue weighted by Gasteiger charge is 2.32. The molecule has 4 aromatic carbocycles. The maximum absolute atomic E-state index is 13.0. The fraction of sp³-hybridized carbons (Fsp3) is 0.302. The van der Waals surface area contributed by atoms with E-state index in [4.69, 9.17) is 0 Å². The number of unbranched alkanes of at least 4 members (excludes halogenated alkanes) is 2. The Bertz CT molecular complexity index is 2190. The minimum atomic E-state index is -0.858. The van der Waals surface area contributed by atoms with Crippen molar-refractivity contribution >= 4 is 40.7 Å². The largest absolute Gasteiger partial charge is 0.453 e. The molecule has 0 bridgehead atoms. The van der Waals surface area contributed by atoms with E-state index in [1.807, 2.05) is 48.5 Å². The number of amides is 5. The van der Waals surface area contributed by atoms with Crippen LogP contribution in [-0.4, -0.2) is 85.2 Å². The molecule has 0 spiro atoms. The average Bonchev–Trinajstić information content (AvgIpc) is 3.95. The summed E-state index contributed by atoms with van der Waals surface area (Å²) in [5.74, 6) is 0.0636. The zero-order valence-electron chi connectivity index (χ0n) is 32.0. The number of carbonyl (C=O) groups is 5. The number of benzene rings is 4. The van der Waals surface area contributed by atoms with Gasteiger partial charge in [0.25, 0.3) is 5.91 Å². The van der Waals surface area contributed by atoms with E-state index in [0.29, 0.717) is 36.6 Å². The van der Waals surface area contributed by atoms with E-state index in [0.717, 1.165) is 65.3 Å². The highest BCUT2D eigenvalue weighted by atomic mass is 16.5. The zero-order chi connectivity index (χ0) is 40.1. The second-order valence-corrected chi connectivity index (χ2v) is 13.7. The van der Waals surface area contributed by atoms with Gasteiger partial charge in [0.05, 0.1) is 32.2 Å². The molecule has 2 heterocycles. The summed E-state index contributed by atoms with van der Waals surface area (Å²) < 4.78 is 9.25. The predicted octanol–water partition coefficient (Wildman–Crippen LogP) is 6.03. The third kappa shape index (κ3) is 10.3. The quantitative estimate of drug-likeness (QED) is 0.0799. The molecule has 0 saturated carbocycles. The van der Waals surface area contributed by atoms with Gasteiger partial charge in [-0.05, 0) is 83.3 Å². The number of imidazole rings is 1. The lowest BCUT2D eigenvalue weighted by molar-refractivity contribution is -0.131. The number of H-pyrrole nitrogens is 1. The van der Waals surface area contributed by atoms with Crippen molar-refractivity contribution in [2.75, 3.05) is 40.4 Å². The van der Waals surface area contributed by atoms with Crippen molar-refractivity contribution < 1.29 is 33.4 Å². The van der Waals surface area contributed by atoms with Crippen LogP contribution in [0.25, 0.3) is 33.2 Å². The second-order valence-electron chi connectivity index (χ2n) is 13.7. The van der Waals surface area contributed by atoms with E-state index < -0.39 is 18.2 Å². The van der Waals surface area contributed by atoms with Crippen molar-refractivity contribution in [3.63, 3.8) is 0 Å². The van der Waals surface area contributed by atoms with E-state index in [1.54, 1.807) is 35.4 Å². The first-order valence-corrected chi connectivity index (χ1v) is 19.0. The maximum Gasteiger partial charge on any atom is 0.407 e. The number of nitrogens with one attached hydrogen (secondary N) is 5. The van der Waals surface area contributed by atoms with Crippen LogP contribution >= 0.6 is 0 Å². The molecule has 5 amide bonds. The number of fused-ring (bicyclic) bond motifs is 1. The lowest BCUT2D eigenvalue weighted by Gasteiger charge is -2.23. The van der Waals surface area contributed by atoms with Crippen molar-refractivity contribution in [2.45, 2.75) is 44.2 Å². The summed E-state index contributed by atoms with van der Waals surface area (Å²) in [6.45, 7) is 1.41. The van der Waals surface area contributed by atoms with Crippen LogP contribution in [0.3, 0.4) is 0 Å². The monoisotopic (exact) mass is 773 g/mol. The Morgan fingerprint density at radius 3 is 2.21 bits per heavy atom. The van der Waals surface area contributed by atoms with Crippen LogP contribution < -0.4 is 21.3 Å². The van der Waals surface area contributed by atoms with E-state index in [2.05, 4.69) is 58.9 Å². The number of carbonyl (C=O) groups excluding carboxylic acids is 5. The molecule has 0 aliphatic carbocycles. The van der Waals surface area contributed by atoms with E-state index in [1.165, 1.54) is 14.2 Å². The number of rotatable bonds is 15. The highest BCUT2D eigenvalue weighted by molar-refractivity contribution is 5.99. The van der Waals surface area contributed by atoms with Crippen LogP contribution in [0.1, 0.15) is 65.9 Å². The predicted molar refractivity (Wildman–Crippen MR) is 215 cm³/mol. The number of nitrogens with zero attached hydrogens (tertiary/aromatic N) is 2. The molecule has 14 nitrogen and oxygen atoms in total. The number of hydrogen-bond acceptors (Lipinski definition) is 8. The molecule has 1 saturated heterocycles. The number of methoxy groups -OCH3 is 2. The molecule has 14 heteroatoms. The summed E-state index contributed by atoms with van der Waals surface area (Å²) in [5.41, 5.74) is 5.14. The molecule has 57 heavy (non-hydrogen) atoms. The van der Waals surface area contributed by atoms with Crippen molar-refractivity contribution in [3.05, 3.63) is 114 Å². The van der Waals surface area contributed by atoms with Gasteiger partial charge in [-0.1, -0.05) is 72.8 Å². The summed E-state index contributed by atoms with van der Waals surface area (Å²) >= 11 is 0. The van der Waals surface area contributed by atoms with Crippen molar-refractivity contribution in [1.29, 1.82) is 0 Å². The number of aromatic amines is 1. The molecule has 5 N–H and O–H groups in total. The molecule has 0 radical (unpaired) electrons. The van der Waals surface area contributed by atoms with Gasteiger partial charge in [0.1, 0.15) is 18.4 Å². The SMILES string of the molecule is COC(=O)NCC(=O)N1CCCC1c1ncc(-c2ccc(-c3ccc4cc(C(=O)NCCCCCNC(=O)C(NC(=O)OC)c5ccccc5)ccc4c3)cc2)[nH]1. The topological polar surface area (TPSA) is 184 Å². The molecule has 6 rings (SSSR count). The van der Waals surface area contributed by atoms with E-state index in [-0.39, 0.29) is 30.3 Å². The van der Waals surface area contributed by atoms with Gasteiger partial charge in [-0.25, -0.2) is 14.6 Å². The van der Waals surface area contributed by atoms with Gasteiger partial charge in [0.15, 0.2) is 0 Å². The van der Waals surface area contributed by atoms with Gasteiger partial charge in [-0.15, -0.1) is 0 Å². The minimum Gasteiger partial charge on any atom is -0.453 e. The Kier molecular flexibility index (Phi) is 13.5. The van der Waals surface area contributed by atoms with E-state index >= 15 is 0 Å². The number of aromatic nitrogens is 2. The average molecular weight is 774 g/mol. The molecule has 1 fully saturated rings. The fourth-order valence-corrected chi connectivity index (χ4v) is 6.90. The molecule has 2 unspecified atom stereocenters. The van der Waals surface area contributed by atoms with Crippen LogP contribution in [-0.2, 0) is 19.1 Å². The number of hydrogen-bond donors (Lipinski definition) is 5. The summed E-state index contributed by atoms with van der Waals surface area (Å²) in [5, 5.41) is 12.9. The standard InChI is InChI=1S/C43H47N7O7/c1-56-42(54)47-27-37(51)50-23-9-12-36(50)39-46-26-35(48-39)29-15-13-28(14-16-29)31-17-18-33-25-34(20-19-32(33)24-31)40(52)44-21-7-4-8-22-45-41(53)38(49-43(55)57-2)30-10-5-3-6-11-30/h3,5-6,10-11,13-20,24-26,36,38H,4,7-9,12,21-23,27H2,1-2H3,(H,44,52)(H,45,53)(H,46,48)(H,47,54)(H,49,55). The van der Waals surface area contributed by atoms with Gasteiger partial charge in [-0.3, -0.25) is 14.4 Å². The molecule has 1 aromatic heterocycles. The third-order valence-corrected chi connectivity index (χ3v) is 9.97. The lowest BCUT2D eigenvalue weighted by Crippen LogP contribution is -2.40. The van der Waals surface area contributed by atoms with Gasteiger partial charge in [0, 0.05) is 25.2 Å². The van der Waals surface area contributed by atoms with Gasteiger partial charge in [-0.2, -0.15) is 0 Å². The summed E-state index contributed by atoms with van der Waals surface area (Å²) in [7, 11) is 2.51. The zero-order valence-corrected chi connectivity index (χ0v) is 32.0. The Morgan fingerprint density at radius 1 is 0.772 bits per heavy atom. The van der Waals surface area contributed by atoms with Crippen molar-refractivity contribution in [1.82, 2.24) is 36.1 Å². The van der Waals surface area contributed by atoms with Gasteiger partial charge >= 0.3 is 12.2 Å². The second kappa shape index (κ2) is 19.2. The molecule has 296 valence electrons. The number of ether oxygens (including phenoxy) is 2. The van der Waals surface area contributed by atoms with E-state index in [9.17, 15) is 24.0 Å². The maximum atomic E-state index is 13.0. The number of likely N-dealkylation sites (tertiary alicyclic amines) is 1. The Balaban J connectivity index is 0.962. The first kappa shape index (κ1) is 40.0. The van der Waals surface area contributed by atoms with Gasteiger partial charge in [0.2, 0.25) is 11.8 Å². The van der Waals surface area contributed by atoms with Crippen molar-refractivity contribution in [3.8, 4) is 22.4 Å². The molecule has 5 aromatic rings.